The second-order valence-corrected chi connectivity index (χ2v) is 7.08. The summed E-state index contributed by atoms with van der Waals surface area (Å²) in [6.45, 7) is 5.63. The van der Waals surface area contributed by atoms with E-state index in [1.165, 1.54) is 0 Å². The van der Waals surface area contributed by atoms with Crippen LogP contribution in [0.4, 0.5) is 9.93 Å². The van der Waals surface area contributed by atoms with E-state index in [9.17, 15) is 4.79 Å². The Kier molecular flexibility index (Phi) is 4.86. The highest BCUT2D eigenvalue weighted by atomic mass is 32.1. The van der Waals surface area contributed by atoms with Gasteiger partial charge in [-0.1, -0.05) is 0 Å². The quantitative estimate of drug-likeness (QED) is 0.897. The minimum Gasteiger partial charge on any atom is -0.444 e. The average Bonchev–Trinajstić information content (AvgIpc) is 2.79. The van der Waals surface area contributed by atoms with E-state index in [1.54, 1.807) is 17.5 Å². The van der Waals surface area contributed by atoms with Crippen LogP contribution in [0.15, 0.2) is 11.6 Å². The maximum Gasteiger partial charge on any atom is 0.407 e. The lowest BCUT2D eigenvalue weighted by molar-refractivity contribution is 0.0492. The van der Waals surface area contributed by atoms with E-state index in [0.717, 1.165) is 30.8 Å². The van der Waals surface area contributed by atoms with Gasteiger partial charge in [0.05, 0.1) is 0 Å². The summed E-state index contributed by atoms with van der Waals surface area (Å²) in [7, 11) is 0. The molecular formula is C14H23N3O2S. The van der Waals surface area contributed by atoms with Crippen LogP contribution in [0.25, 0.3) is 0 Å². The first-order valence-corrected chi connectivity index (χ1v) is 7.96. The third-order valence-corrected chi connectivity index (χ3v) is 3.86. The van der Waals surface area contributed by atoms with Crippen molar-refractivity contribution < 1.29 is 9.53 Å². The first-order valence-electron chi connectivity index (χ1n) is 7.08. The highest BCUT2D eigenvalue weighted by Crippen LogP contribution is 2.23. The predicted molar refractivity (Wildman–Crippen MR) is 81.2 cm³/mol. The predicted octanol–water partition coefficient (Wildman–Crippen LogP) is 3.39. The molecule has 0 radical (unpaired) electrons. The molecule has 2 unspecified atom stereocenters. The Bertz CT molecular complexity index is 428. The van der Waals surface area contributed by atoms with Gasteiger partial charge in [-0.3, -0.25) is 0 Å². The molecule has 112 valence electrons. The number of aromatic nitrogens is 1. The molecule has 1 aliphatic carbocycles. The van der Waals surface area contributed by atoms with Gasteiger partial charge in [0.2, 0.25) is 0 Å². The molecule has 1 fully saturated rings. The molecule has 0 aliphatic heterocycles. The highest BCUT2D eigenvalue weighted by molar-refractivity contribution is 7.13. The van der Waals surface area contributed by atoms with Crippen molar-refractivity contribution in [2.45, 2.75) is 64.1 Å². The molecule has 1 aliphatic rings. The molecule has 0 saturated heterocycles. The van der Waals surface area contributed by atoms with Crippen LogP contribution in [-0.4, -0.2) is 28.8 Å². The summed E-state index contributed by atoms with van der Waals surface area (Å²) < 4.78 is 5.30. The largest absolute Gasteiger partial charge is 0.444 e. The smallest absolute Gasteiger partial charge is 0.407 e. The third-order valence-electron chi connectivity index (χ3n) is 3.15. The summed E-state index contributed by atoms with van der Waals surface area (Å²) in [4.78, 5) is 16.0. The van der Waals surface area contributed by atoms with Crippen molar-refractivity contribution in [3.05, 3.63) is 11.6 Å². The fourth-order valence-electron chi connectivity index (χ4n) is 2.40. The first kappa shape index (κ1) is 15.1. The van der Waals surface area contributed by atoms with Crippen molar-refractivity contribution in [1.82, 2.24) is 10.3 Å². The summed E-state index contributed by atoms with van der Waals surface area (Å²) in [5.41, 5.74) is -0.447. The SMILES string of the molecule is CC(C)(C)OC(=O)NC1CCCC(Nc2nccs2)C1. The Labute approximate surface area is 124 Å². The molecule has 6 heteroatoms. The number of hydrogen-bond acceptors (Lipinski definition) is 5. The van der Waals surface area contributed by atoms with Gasteiger partial charge in [-0.25, -0.2) is 9.78 Å². The molecule has 2 N–H and O–H groups in total. The number of hydrogen-bond donors (Lipinski definition) is 2. The van der Waals surface area contributed by atoms with Gasteiger partial charge in [0, 0.05) is 23.7 Å². The van der Waals surface area contributed by atoms with Crippen LogP contribution in [0, 0.1) is 0 Å². The molecule has 1 heterocycles. The Morgan fingerprint density at radius 3 is 2.80 bits per heavy atom. The summed E-state index contributed by atoms with van der Waals surface area (Å²) in [5.74, 6) is 0. The van der Waals surface area contributed by atoms with Crippen LogP contribution in [-0.2, 0) is 4.74 Å². The molecule has 2 atom stereocenters. The second-order valence-electron chi connectivity index (χ2n) is 6.19. The zero-order chi connectivity index (χ0) is 14.6. The van der Waals surface area contributed by atoms with Crippen LogP contribution in [0.5, 0.6) is 0 Å². The van der Waals surface area contributed by atoms with Gasteiger partial charge in [0.15, 0.2) is 5.13 Å². The van der Waals surface area contributed by atoms with Gasteiger partial charge < -0.3 is 15.4 Å². The molecule has 5 nitrogen and oxygen atoms in total. The fourth-order valence-corrected chi connectivity index (χ4v) is 3.00. The maximum absolute atomic E-state index is 11.8. The fraction of sp³-hybridized carbons (Fsp3) is 0.714. The molecule has 20 heavy (non-hydrogen) atoms. The van der Waals surface area contributed by atoms with Gasteiger partial charge >= 0.3 is 6.09 Å². The van der Waals surface area contributed by atoms with Crippen LogP contribution in [0.3, 0.4) is 0 Å². The number of nitrogens with zero attached hydrogens (tertiary/aromatic N) is 1. The topological polar surface area (TPSA) is 63.2 Å². The number of nitrogens with one attached hydrogen (secondary N) is 2. The van der Waals surface area contributed by atoms with E-state index in [2.05, 4.69) is 15.6 Å². The molecular weight excluding hydrogens is 274 g/mol. The molecule has 1 aromatic heterocycles. The molecule has 0 bridgehead atoms. The van der Waals surface area contributed by atoms with Gasteiger partial charge in [0.25, 0.3) is 0 Å². The van der Waals surface area contributed by atoms with E-state index in [-0.39, 0.29) is 12.1 Å². The van der Waals surface area contributed by atoms with Crippen LogP contribution >= 0.6 is 11.3 Å². The number of carbonyl (C=O) groups is 1. The Balaban J connectivity index is 1.80. The van der Waals surface area contributed by atoms with Crippen molar-refractivity contribution in [2.24, 2.45) is 0 Å². The van der Waals surface area contributed by atoms with Crippen molar-refractivity contribution in [3.63, 3.8) is 0 Å². The molecule has 2 rings (SSSR count). The van der Waals surface area contributed by atoms with Crippen LogP contribution in [0.2, 0.25) is 0 Å². The zero-order valence-electron chi connectivity index (χ0n) is 12.3. The number of thiazole rings is 1. The first-order chi connectivity index (χ1) is 9.42. The van der Waals surface area contributed by atoms with Crippen molar-refractivity contribution in [1.29, 1.82) is 0 Å². The van der Waals surface area contributed by atoms with Gasteiger partial charge in [-0.05, 0) is 46.5 Å². The van der Waals surface area contributed by atoms with Gasteiger partial charge in [-0.15, -0.1) is 11.3 Å². The van der Waals surface area contributed by atoms with Crippen molar-refractivity contribution in [2.75, 3.05) is 5.32 Å². The number of rotatable bonds is 3. The van der Waals surface area contributed by atoms with E-state index >= 15 is 0 Å². The third kappa shape index (κ3) is 5.00. The number of ether oxygens (including phenoxy) is 1. The molecule has 1 aromatic rings. The number of alkyl carbamates (subject to hydrolysis) is 1. The lowest BCUT2D eigenvalue weighted by Gasteiger charge is -2.31. The van der Waals surface area contributed by atoms with E-state index in [4.69, 9.17) is 4.74 Å². The summed E-state index contributed by atoms with van der Waals surface area (Å²) in [6.07, 6.45) is 5.62. The van der Waals surface area contributed by atoms with E-state index < -0.39 is 5.60 Å². The van der Waals surface area contributed by atoms with E-state index in [0.29, 0.717) is 6.04 Å². The molecule has 0 spiro atoms. The molecule has 0 aromatic carbocycles. The highest BCUT2D eigenvalue weighted by Gasteiger charge is 2.25. The van der Waals surface area contributed by atoms with Crippen LogP contribution < -0.4 is 10.6 Å². The summed E-state index contributed by atoms with van der Waals surface area (Å²) >= 11 is 1.61. The minimum atomic E-state index is -0.447. The Morgan fingerprint density at radius 1 is 1.40 bits per heavy atom. The summed E-state index contributed by atoms with van der Waals surface area (Å²) in [6, 6.07) is 0.547. The standard InChI is InChI=1S/C14H23N3O2S/c1-14(2,3)19-13(18)17-11-6-4-5-10(9-11)16-12-15-7-8-20-12/h7-8,10-11H,4-6,9H2,1-3H3,(H,15,16)(H,17,18). The lowest BCUT2D eigenvalue weighted by atomic mass is 9.91. The zero-order valence-corrected chi connectivity index (χ0v) is 13.1. The maximum atomic E-state index is 11.8. The second kappa shape index (κ2) is 6.43. The number of carbonyl (C=O) groups excluding carboxylic acids is 1. The Hall–Kier alpha value is -1.30. The lowest BCUT2D eigenvalue weighted by Crippen LogP contribution is -2.43. The summed E-state index contributed by atoms with van der Waals surface area (Å²) in [5, 5.41) is 9.31. The average molecular weight is 297 g/mol. The van der Waals surface area contributed by atoms with Crippen LogP contribution in [0.1, 0.15) is 46.5 Å². The number of amides is 1. The molecule has 1 amide bonds. The monoisotopic (exact) mass is 297 g/mol. The van der Waals surface area contributed by atoms with Crippen molar-refractivity contribution >= 4 is 22.6 Å². The van der Waals surface area contributed by atoms with Crippen molar-refractivity contribution in [3.8, 4) is 0 Å². The molecule has 1 saturated carbocycles. The minimum absolute atomic E-state index is 0.177. The van der Waals surface area contributed by atoms with E-state index in [1.807, 2.05) is 26.2 Å². The van der Waals surface area contributed by atoms with Gasteiger partial charge in [0.1, 0.15) is 5.60 Å². The van der Waals surface area contributed by atoms with Gasteiger partial charge in [-0.2, -0.15) is 0 Å². The number of anilines is 1. The Morgan fingerprint density at radius 2 is 2.15 bits per heavy atom. The normalized spacial score (nSPS) is 23.1.